The highest BCUT2D eigenvalue weighted by atomic mass is 32.1. The first-order valence-corrected chi connectivity index (χ1v) is 9.02. The third-order valence-electron chi connectivity index (χ3n) is 4.11. The molecule has 0 spiro atoms. The van der Waals surface area contributed by atoms with Crippen LogP contribution in [0.2, 0.25) is 0 Å². The summed E-state index contributed by atoms with van der Waals surface area (Å²) in [7, 11) is 0. The summed E-state index contributed by atoms with van der Waals surface area (Å²) in [5.41, 5.74) is 0. The van der Waals surface area contributed by atoms with E-state index < -0.39 is 0 Å². The number of rotatable bonds is 8. The number of amides is 1. The van der Waals surface area contributed by atoms with Gasteiger partial charge in [-0.15, -0.1) is 11.3 Å². The van der Waals surface area contributed by atoms with E-state index in [-0.39, 0.29) is 12.5 Å². The van der Waals surface area contributed by atoms with Crippen molar-refractivity contribution in [2.45, 2.75) is 51.5 Å². The smallest absolute Gasteiger partial charge is 0.263 e. The van der Waals surface area contributed by atoms with Crippen molar-refractivity contribution in [3.8, 4) is 0 Å². The molecule has 1 aromatic heterocycles. The second-order valence-electron chi connectivity index (χ2n) is 6.20. The molecule has 6 heteroatoms. The summed E-state index contributed by atoms with van der Waals surface area (Å²) in [5, 5.41) is 13.2. The summed E-state index contributed by atoms with van der Waals surface area (Å²) in [6.07, 6.45) is 5.99. The van der Waals surface area contributed by atoms with Crippen molar-refractivity contribution >= 4 is 17.2 Å². The molecule has 1 aromatic rings. The minimum Gasteiger partial charge on any atom is -0.395 e. The number of hydrogen-bond donors (Lipinski definition) is 2. The van der Waals surface area contributed by atoms with Crippen LogP contribution in [0, 0.1) is 0 Å². The van der Waals surface area contributed by atoms with Crippen LogP contribution in [0.1, 0.15) is 60.1 Å². The van der Waals surface area contributed by atoms with Crippen molar-refractivity contribution < 1.29 is 9.90 Å². The molecular weight excluding hydrogens is 298 g/mol. The third-order valence-corrected chi connectivity index (χ3v) is 5.41. The van der Waals surface area contributed by atoms with Crippen molar-refractivity contribution in [1.82, 2.24) is 15.2 Å². The number of likely N-dealkylation sites (tertiary alicyclic amines) is 1. The molecule has 1 saturated heterocycles. The van der Waals surface area contributed by atoms with E-state index in [4.69, 9.17) is 0 Å². The average molecular weight is 325 g/mol. The van der Waals surface area contributed by atoms with Gasteiger partial charge in [-0.05, 0) is 38.8 Å². The zero-order valence-electron chi connectivity index (χ0n) is 13.5. The lowest BCUT2D eigenvalue weighted by atomic mass is 10.2. The van der Waals surface area contributed by atoms with Crippen LogP contribution >= 0.6 is 11.3 Å². The lowest BCUT2D eigenvalue weighted by molar-refractivity contribution is 0.0956. The highest BCUT2D eigenvalue weighted by Crippen LogP contribution is 2.21. The predicted molar refractivity (Wildman–Crippen MR) is 89.5 cm³/mol. The number of aliphatic hydroxyl groups is 1. The fraction of sp³-hybridized carbons (Fsp3) is 0.750. The zero-order chi connectivity index (χ0) is 15.9. The molecule has 1 aliphatic heterocycles. The van der Waals surface area contributed by atoms with Gasteiger partial charge in [0.2, 0.25) is 0 Å². The summed E-state index contributed by atoms with van der Waals surface area (Å²) >= 11 is 1.48. The van der Waals surface area contributed by atoms with Crippen molar-refractivity contribution in [2.75, 3.05) is 26.2 Å². The number of nitrogens with zero attached hydrogens (tertiary/aromatic N) is 2. The molecule has 1 atom stereocenters. The maximum absolute atomic E-state index is 12.0. The van der Waals surface area contributed by atoms with Gasteiger partial charge in [0, 0.05) is 18.5 Å². The van der Waals surface area contributed by atoms with Gasteiger partial charge in [-0.3, -0.25) is 9.69 Å². The van der Waals surface area contributed by atoms with Gasteiger partial charge < -0.3 is 10.4 Å². The van der Waals surface area contributed by atoms with E-state index in [0.29, 0.717) is 23.4 Å². The lowest BCUT2D eigenvalue weighted by Gasteiger charge is -2.22. The summed E-state index contributed by atoms with van der Waals surface area (Å²) in [5.74, 6) is 0.352. The van der Waals surface area contributed by atoms with Crippen LogP contribution in [-0.4, -0.2) is 53.2 Å². The maximum Gasteiger partial charge on any atom is 0.263 e. The van der Waals surface area contributed by atoms with Gasteiger partial charge in [-0.25, -0.2) is 4.98 Å². The summed E-state index contributed by atoms with van der Waals surface area (Å²) in [6, 6.07) is 0.348. The molecule has 2 heterocycles. The molecule has 2 N–H and O–H groups in total. The van der Waals surface area contributed by atoms with Gasteiger partial charge >= 0.3 is 0 Å². The van der Waals surface area contributed by atoms with Gasteiger partial charge in [0.25, 0.3) is 5.91 Å². The van der Waals surface area contributed by atoms with Crippen molar-refractivity contribution in [2.24, 2.45) is 0 Å². The Morgan fingerprint density at radius 1 is 1.55 bits per heavy atom. The molecule has 1 fully saturated rings. The highest BCUT2D eigenvalue weighted by molar-refractivity contribution is 7.13. The number of aliphatic hydroxyl groups excluding tert-OH is 1. The van der Waals surface area contributed by atoms with Crippen LogP contribution in [0.4, 0.5) is 0 Å². The SMILES string of the molecule is CC(C)c1ncc(C(=O)NCCCCN2CCCC2CO)s1. The Hall–Kier alpha value is -0.980. The number of unbranched alkanes of at least 4 members (excludes halogenated alkanes) is 1. The molecular formula is C16H27N3O2S. The fourth-order valence-electron chi connectivity index (χ4n) is 2.78. The molecule has 1 unspecified atom stereocenters. The first-order chi connectivity index (χ1) is 10.6. The van der Waals surface area contributed by atoms with Crippen LogP contribution in [0.15, 0.2) is 6.20 Å². The Labute approximate surface area is 136 Å². The number of aromatic nitrogens is 1. The molecule has 124 valence electrons. The topological polar surface area (TPSA) is 65.5 Å². The Morgan fingerprint density at radius 3 is 3.05 bits per heavy atom. The fourth-order valence-corrected chi connectivity index (χ4v) is 3.62. The number of thiazole rings is 1. The van der Waals surface area contributed by atoms with Gasteiger partial charge in [0.05, 0.1) is 17.8 Å². The van der Waals surface area contributed by atoms with E-state index >= 15 is 0 Å². The van der Waals surface area contributed by atoms with Crippen LogP contribution in [-0.2, 0) is 0 Å². The summed E-state index contributed by atoms with van der Waals surface area (Å²) < 4.78 is 0. The number of hydrogen-bond acceptors (Lipinski definition) is 5. The van der Waals surface area contributed by atoms with Crippen LogP contribution in [0.3, 0.4) is 0 Å². The van der Waals surface area contributed by atoms with Crippen LogP contribution in [0.25, 0.3) is 0 Å². The van der Waals surface area contributed by atoms with Crippen LogP contribution < -0.4 is 5.32 Å². The Kier molecular flexibility index (Phi) is 6.79. The summed E-state index contributed by atoms with van der Waals surface area (Å²) in [4.78, 5) is 19.4. The second-order valence-corrected chi connectivity index (χ2v) is 7.26. The summed E-state index contributed by atoms with van der Waals surface area (Å²) in [6.45, 7) is 7.23. The minimum atomic E-state index is -0.0150. The van der Waals surface area contributed by atoms with E-state index in [9.17, 15) is 9.90 Å². The molecule has 2 rings (SSSR count). The first kappa shape index (κ1) is 17.4. The first-order valence-electron chi connectivity index (χ1n) is 8.20. The maximum atomic E-state index is 12.0. The second kappa shape index (κ2) is 8.60. The van der Waals surface area contributed by atoms with Crippen molar-refractivity contribution in [1.29, 1.82) is 0 Å². The Bertz CT molecular complexity index is 476. The van der Waals surface area contributed by atoms with E-state index in [1.807, 2.05) is 0 Å². The van der Waals surface area contributed by atoms with E-state index in [2.05, 4.69) is 29.0 Å². The molecule has 0 bridgehead atoms. The highest BCUT2D eigenvalue weighted by Gasteiger charge is 2.22. The number of carbonyl (C=O) groups is 1. The predicted octanol–water partition coefficient (Wildman–Crippen LogP) is 2.23. The minimum absolute atomic E-state index is 0.0150. The quantitative estimate of drug-likeness (QED) is 0.719. The van der Waals surface area contributed by atoms with Gasteiger partial charge in [-0.2, -0.15) is 0 Å². The monoisotopic (exact) mass is 325 g/mol. The van der Waals surface area contributed by atoms with Crippen LogP contribution in [0.5, 0.6) is 0 Å². The zero-order valence-corrected chi connectivity index (χ0v) is 14.4. The molecule has 0 aliphatic carbocycles. The molecule has 1 amide bonds. The van der Waals surface area contributed by atoms with Crippen molar-refractivity contribution in [3.05, 3.63) is 16.1 Å². The standard InChI is InChI=1S/C16H27N3O2S/c1-12(2)16-18-10-14(22-16)15(21)17-7-3-4-8-19-9-5-6-13(19)11-20/h10,12-13,20H,3-9,11H2,1-2H3,(H,17,21). The molecule has 0 aromatic carbocycles. The average Bonchev–Trinajstić information content (AvgIpc) is 3.15. The Balaban J connectivity index is 1.62. The van der Waals surface area contributed by atoms with E-state index in [1.165, 1.54) is 17.8 Å². The van der Waals surface area contributed by atoms with Crippen molar-refractivity contribution in [3.63, 3.8) is 0 Å². The lowest BCUT2D eigenvalue weighted by Crippen LogP contribution is -2.33. The molecule has 0 saturated carbocycles. The van der Waals surface area contributed by atoms with Gasteiger partial charge in [0.15, 0.2) is 0 Å². The Morgan fingerprint density at radius 2 is 2.36 bits per heavy atom. The van der Waals surface area contributed by atoms with Gasteiger partial charge in [-0.1, -0.05) is 13.8 Å². The van der Waals surface area contributed by atoms with Gasteiger partial charge in [0.1, 0.15) is 4.88 Å². The number of nitrogens with one attached hydrogen (secondary N) is 1. The third kappa shape index (κ3) is 4.76. The largest absolute Gasteiger partial charge is 0.395 e. The number of carbonyl (C=O) groups excluding carboxylic acids is 1. The van der Waals surface area contributed by atoms with E-state index in [0.717, 1.165) is 37.4 Å². The molecule has 1 aliphatic rings. The normalized spacial score (nSPS) is 19.0. The molecule has 22 heavy (non-hydrogen) atoms. The molecule has 5 nitrogen and oxygen atoms in total. The molecule has 0 radical (unpaired) electrons. The van der Waals surface area contributed by atoms with E-state index in [1.54, 1.807) is 6.20 Å².